The smallest absolute Gasteiger partial charge is 0.217 e. The van der Waals surface area contributed by atoms with Gasteiger partial charge in [-0.05, 0) is 34.2 Å². The van der Waals surface area contributed by atoms with E-state index < -0.39 is 26.9 Å². The zero-order chi connectivity index (χ0) is 12.7. The Labute approximate surface area is 96.4 Å². The summed E-state index contributed by atoms with van der Waals surface area (Å²) in [6.45, 7) is 0. The van der Waals surface area contributed by atoms with Gasteiger partial charge >= 0.3 is 21.1 Å². The maximum Gasteiger partial charge on any atom is 0.370 e. The monoisotopic (exact) mass is 374 g/mol. The lowest BCUT2D eigenvalue weighted by Crippen LogP contribution is -2.50. The first-order valence-electron chi connectivity index (χ1n) is 2.89. The highest BCUT2D eigenvalue weighted by Crippen LogP contribution is 2.54. The van der Waals surface area contributed by atoms with E-state index in [-0.39, 0.29) is 22.6 Å². The molecule has 0 nitrogen and oxygen atoms in total. The number of rotatable bonds is 3. The van der Waals surface area contributed by atoms with Gasteiger partial charge in [0, 0.05) is 0 Å². The Morgan fingerprint density at radius 2 is 1.27 bits per heavy atom. The molecule has 1 atom stereocenters. The molecule has 0 aromatic carbocycles. The molecule has 0 bridgehead atoms. The van der Waals surface area contributed by atoms with Crippen molar-refractivity contribution in [3.63, 3.8) is 0 Å². The lowest BCUT2D eigenvalue weighted by molar-refractivity contribution is -0.144. The molecule has 0 aliphatic rings. The fraction of sp³-hybridized carbons (Fsp3) is 0.600. The molecule has 0 rings (SSSR count). The zero-order valence-corrected chi connectivity index (χ0v) is 9.19. The minimum atomic E-state index is -5.74. The van der Waals surface area contributed by atoms with Crippen molar-refractivity contribution in [2.75, 3.05) is 0 Å². The van der Waals surface area contributed by atoms with Gasteiger partial charge < -0.3 is 0 Å². The van der Waals surface area contributed by atoms with Crippen LogP contribution in [0, 0.1) is 0 Å². The molecule has 0 radical (unpaired) electrons. The molecule has 0 aromatic heterocycles. The van der Waals surface area contributed by atoms with Gasteiger partial charge in [0.2, 0.25) is 5.83 Å². The van der Waals surface area contributed by atoms with Crippen LogP contribution >= 0.6 is 34.2 Å². The van der Waals surface area contributed by atoms with Crippen LogP contribution in [-0.2, 0) is 0 Å². The molecular weight excluding hydrogens is 374 g/mol. The molecule has 10 heteroatoms. The highest BCUT2D eigenvalue weighted by Gasteiger charge is 2.71. The van der Waals surface area contributed by atoms with Gasteiger partial charge in [0.05, 0.1) is 0 Å². The minimum Gasteiger partial charge on any atom is -0.217 e. The number of hydrogen-bond acceptors (Lipinski definition) is 0. The van der Waals surface area contributed by atoms with E-state index in [1.54, 1.807) is 0 Å². The number of halogens is 10. The van der Waals surface area contributed by atoms with E-state index in [1.165, 1.54) is 0 Å². The fourth-order valence-electron chi connectivity index (χ4n) is 0.435. The van der Waals surface area contributed by atoms with E-state index in [2.05, 4.69) is 11.6 Å². The minimum absolute atomic E-state index is 0.232. The van der Waals surface area contributed by atoms with E-state index in [4.69, 9.17) is 0 Å². The standard InChI is InChI=1S/C5ClF8I/c6-5(13,14)4(12,15)3(10,11)1(7)2(8)9. The second kappa shape index (κ2) is 4.22. The summed E-state index contributed by atoms with van der Waals surface area (Å²) in [6.07, 6.45) is -3.60. The Morgan fingerprint density at radius 3 is 1.47 bits per heavy atom. The van der Waals surface area contributed by atoms with Crippen LogP contribution in [0.3, 0.4) is 0 Å². The third-order valence-corrected chi connectivity index (χ3v) is 3.13. The molecule has 0 aliphatic heterocycles. The van der Waals surface area contributed by atoms with E-state index in [9.17, 15) is 35.1 Å². The molecule has 0 spiro atoms. The first-order chi connectivity index (χ1) is 6.35. The van der Waals surface area contributed by atoms with Crippen molar-refractivity contribution < 1.29 is 35.1 Å². The van der Waals surface area contributed by atoms with Crippen LogP contribution in [0.4, 0.5) is 35.1 Å². The number of hydrogen-bond donors (Lipinski definition) is 0. The van der Waals surface area contributed by atoms with Crippen molar-refractivity contribution in [3.8, 4) is 0 Å². The molecule has 0 aromatic rings. The summed E-state index contributed by atoms with van der Waals surface area (Å²) in [5.41, 5.74) is 0. The van der Waals surface area contributed by atoms with Crippen LogP contribution in [0.2, 0.25) is 0 Å². The normalized spacial score (nSPS) is 17.2. The Bertz CT molecular complexity index is 275. The lowest BCUT2D eigenvalue weighted by atomic mass is 10.2. The molecule has 0 saturated carbocycles. The Hall–Kier alpha value is 0.200. The van der Waals surface area contributed by atoms with E-state index in [1.807, 2.05) is 0 Å². The quantitative estimate of drug-likeness (QED) is 0.384. The van der Waals surface area contributed by atoms with Crippen molar-refractivity contribution in [2.45, 2.75) is 15.0 Å². The third-order valence-electron chi connectivity index (χ3n) is 1.19. The molecule has 90 valence electrons. The Balaban J connectivity index is 5.49. The predicted octanol–water partition coefficient (Wildman–Crippen LogP) is 4.63. The summed E-state index contributed by atoms with van der Waals surface area (Å²) in [5, 5.41) is -5.22. The Kier molecular flexibility index (Phi) is 4.28. The highest BCUT2D eigenvalue weighted by molar-refractivity contribution is 14.1. The van der Waals surface area contributed by atoms with Crippen LogP contribution < -0.4 is 0 Å². The third kappa shape index (κ3) is 2.66. The molecule has 0 amide bonds. The zero-order valence-electron chi connectivity index (χ0n) is 6.28. The maximum atomic E-state index is 12.7. The van der Waals surface area contributed by atoms with Crippen molar-refractivity contribution in [2.24, 2.45) is 0 Å². The summed E-state index contributed by atoms with van der Waals surface area (Å²) < 4.78 is 91.8. The fourth-order valence-corrected chi connectivity index (χ4v) is 0.790. The van der Waals surface area contributed by atoms with Crippen molar-refractivity contribution >= 4 is 34.2 Å². The summed E-state index contributed by atoms with van der Waals surface area (Å²) in [6, 6.07) is 0. The topological polar surface area (TPSA) is 0 Å². The summed E-state index contributed by atoms with van der Waals surface area (Å²) in [4.78, 5) is 0. The van der Waals surface area contributed by atoms with Crippen molar-refractivity contribution in [1.29, 1.82) is 0 Å². The van der Waals surface area contributed by atoms with Crippen molar-refractivity contribution in [1.82, 2.24) is 0 Å². The van der Waals surface area contributed by atoms with E-state index in [0.717, 1.165) is 0 Å². The average molecular weight is 374 g/mol. The van der Waals surface area contributed by atoms with E-state index in [0.29, 0.717) is 0 Å². The number of allylic oxidation sites excluding steroid dienone is 1. The molecule has 1 unspecified atom stereocenters. The van der Waals surface area contributed by atoms with Gasteiger partial charge in [0.25, 0.3) is 0 Å². The maximum absolute atomic E-state index is 12.7. The van der Waals surface area contributed by atoms with Crippen LogP contribution in [0.1, 0.15) is 0 Å². The first kappa shape index (κ1) is 15.2. The van der Waals surface area contributed by atoms with Crippen molar-refractivity contribution in [3.05, 3.63) is 11.9 Å². The summed E-state index contributed by atoms with van der Waals surface area (Å²) in [7, 11) is 0. The van der Waals surface area contributed by atoms with Crippen LogP contribution in [0.25, 0.3) is 0 Å². The molecule has 0 N–H and O–H groups in total. The molecule has 15 heavy (non-hydrogen) atoms. The molecular formula is C5ClF8I. The van der Waals surface area contributed by atoms with Gasteiger partial charge in [-0.15, -0.1) is 0 Å². The average Bonchev–Trinajstić information content (AvgIpc) is 2.00. The second-order valence-electron chi connectivity index (χ2n) is 2.22. The van der Waals surface area contributed by atoms with Crippen LogP contribution in [0.5, 0.6) is 0 Å². The lowest BCUT2D eigenvalue weighted by Gasteiger charge is -2.29. The van der Waals surface area contributed by atoms with Gasteiger partial charge in [-0.2, -0.15) is 30.7 Å². The van der Waals surface area contributed by atoms with Gasteiger partial charge in [-0.25, -0.2) is 4.39 Å². The van der Waals surface area contributed by atoms with Gasteiger partial charge in [-0.1, -0.05) is 0 Å². The van der Waals surface area contributed by atoms with Crippen LogP contribution in [0.15, 0.2) is 11.9 Å². The Morgan fingerprint density at radius 1 is 0.933 bits per heavy atom. The molecule has 0 heterocycles. The highest BCUT2D eigenvalue weighted by atomic mass is 127. The summed E-state index contributed by atoms with van der Waals surface area (Å²) in [5.74, 6) is -9.32. The SMILES string of the molecule is FC(F)=C(F)C(F)(F)C(F)(I)C(F)(F)Cl. The summed E-state index contributed by atoms with van der Waals surface area (Å²) >= 11 is 3.70. The molecule has 0 aliphatic carbocycles. The van der Waals surface area contributed by atoms with E-state index >= 15 is 0 Å². The second-order valence-corrected chi connectivity index (χ2v) is 4.18. The number of alkyl halides is 7. The first-order valence-corrected chi connectivity index (χ1v) is 4.35. The molecule has 0 fully saturated rings. The predicted molar refractivity (Wildman–Crippen MR) is 44.0 cm³/mol. The van der Waals surface area contributed by atoms with Crippen LogP contribution in [-0.4, -0.2) is 15.0 Å². The van der Waals surface area contributed by atoms with Gasteiger partial charge in [0.15, 0.2) is 0 Å². The van der Waals surface area contributed by atoms with Gasteiger partial charge in [0.1, 0.15) is 0 Å². The molecule has 0 saturated heterocycles. The largest absolute Gasteiger partial charge is 0.370 e. The van der Waals surface area contributed by atoms with Gasteiger partial charge in [-0.3, -0.25) is 0 Å².